The van der Waals surface area contributed by atoms with Crippen molar-refractivity contribution in [3.05, 3.63) is 34.6 Å². The molecular weight excluding hydrogens is 267 g/mol. The van der Waals surface area contributed by atoms with Crippen LogP contribution in [0, 0.1) is 17.7 Å². The molecule has 2 aliphatic heterocycles. The van der Waals surface area contributed by atoms with Gasteiger partial charge in [0.15, 0.2) is 0 Å². The fourth-order valence-corrected chi connectivity index (χ4v) is 3.25. The standard InChI is InChI=1S/C14H16ClFN2O/c15-12-2-1-3-13(16)11(12)4-14(19)18-7-9-5-17-6-10(9)8-18/h1-3,9-10,17H,4-8H2. The van der Waals surface area contributed by atoms with Crippen molar-refractivity contribution in [2.75, 3.05) is 26.2 Å². The van der Waals surface area contributed by atoms with Gasteiger partial charge in [0, 0.05) is 36.8 Å². The Morgan fingerprint density at radius 1 is 1.37 bits per heavy atom. The fraction of sp³-hybridized carbons (Fsp3) is 0.500. The molecule has 19 heavy (non-hydrogen) atoms. The zero-order valence-electron chi connectivity index (χ0n) is 10.5. The van der Waals surface area contributed by atoms with E-state index in [1.165, 1.54) is 6.07 Å². The van der Waals surface area contributed by atoms with Crippen LogP contribution in [0.25, 0.3) is 0 Å². The van der Waals surface area contributed by atoms with Gasteiger partial charge in [-0.1, -0.05) is 17.7 Å². The van der Waals surface area contributed by atoms with E-state index in [2.05, 4.69) is 5.32 Å². The number of likely N-dealkylation sites (tertiary alicyclic amines) is 1. The predicted octanol–water partition coefficient (Wildman–Crippen LogP) is 1.70. The molecule has 1 aromatic carbocycles. The monoisotopic (exact) mass is 282 g/mol. The Bertz CT molecular complexity index is 476. The Balaban J connectivity index is 1.69. The van der Waals surface area contributed by atoms with Crippen molar-refractivity contribution in [2.24, 2.45) is 11.8 Å². The molecular formula is C14H16ClFN2O. The van der Waals surface area contributed by atoms with Gasteiger partial charge in [-0.15, -0.1) is 0 Å². The van der Waals surface area contributed by atoms with Crippen LogP contribution in [0.15, 0.2) is 18.2 Å². The third-order valence-electron chi connectivity index (χ3n) is 4.13. The van der Waals surface area contributed by atoms with Gasteiger partial charge >= 0.3 is 0 Å². The van der Waals surface area contributed by atoms with Crippen molar-refractivity contribution in [3.63, 3.8) is 0 Å². The van der Waals surface area contributed by atoms with E-state index in [9.17, 15) is 9.18 Å². The Morgan fingerprint density at radius 2 is 2.05 bits per heavy atom. The van der Waals surface area contributed by atoms with Gasteiger partial charge in [0.25, 0.3) is 0 Å². The Morgan fingerprint density at radius 3 is 2.68 bits per heavy atom. The van der Waals surface area contributed by atoms with Crippen molar-refractivity contribution in [1.82, 2.24) is 10.2 Å². The molecule has 2 heterocycles. The van der Waals surface area contributed by atoms with E-state index in [0.717, 1.165) is 26.2 Å². The quantitative estimate of drug-likeness (QED) is 0.895. The minimum Gasteiger partial charge on any atom is -0.342 e. The van der Waals surface area contributed by atoms with Crippen molar-refractivity contribution >= 4 is 17.5 Å². The highest BCUT2D eigenvalue weighted by molar-refractivity contribution is 6.31. The summed E-state index contributed by atoms with van der Waals surface area (Å²) in [5.74, 6) is 0.684. The smallest absolute Gasteiger partial charge is 0.227 e. The van der Waals surface area contributed by atoms with Crippen LogP contribution in [0.1, 0.15) is 5.56 Å². The van der Waals surface area contributed by atoms with Gasteiger partial charge in [-0.25, -0.2) is 4.39 Å². The van der Waals surface area contributed by atoms with E-state index in [1.54, 1.807) is 12.1 Å². The molecule has 2 aliphatic rings. The summed E-state index contributed by atoms with van der Waals surface area (Å²) in [6.07, 6.45) is 0.0539. The van der Waals surface area contributed by atoms with Gasteiger partial charge in [-0.2, -0.15) is 0 Å². The second kappa shape index (κ2) is 5.10. The zero-order chi connectivity index (χ0) is 13.4. The summed E-state index contributed by atoms with van der Waals surface area (Å²) in [7, 11) is 0. The summed E-state index contributed by atoms with van der Waals surface area (Å²) in [6.45, 7) is 3.52. The van der Waals surface area contributed by atoms with E-state index in [4.69, 9.17) is 11.6 Å². The van der Waals surface area contributed by atoms with Crippen LogP contribution in [0.5, 0.6) is 0 Å². The molecule has 2 saturated heterocycles. The Kier molecular flexibility index (Phi) is 3.46. The summed E-state index contributed by atoms with van der Waals surface area (Å²) in [6, 6.07) is 4.52. The molecule has 0 spiro atoms. The molecule has 0 aromatic heterocycles. The summed E-state index contributed by atoms with van der Waals surface area (Å²) in [4.78, 5) is 14.1. The van der Waals surface area contributed by atoms with Crippen molar-refractivity contribution in [2.45, 2.75) is 6.42 Å². The predicted molar refractivity (Wildman–Crippen MR) is 71.5 cm³/mol. The van der Waals surface area contributed by atoms with E-state index in [1.807, 2.05) is 4.90 Å². The molecule has 3 rings (SSSR count). The first-order valence-corrected chi connectivity index (χ1v) is 6.94. The van der Waals surface area contributed by atoms with Gasteiger partial charge in [0.1, 0.15) is 5.82 Å². The SMILES string of the molecule is O=C(Cc1c(F)cccc1Cl)N1CC2CNCC2C1. The number of benzene rings is 1. The van der Waals surface area contributed by atoms with Crippen LogP contribution in [-0.4, -0.2) is 37.0 Å². The summed E-state index contributed by atoms with van der Waals surface area (Å²) < 4.78 is 13.7. The number of hydrogen-bond donors (Lipinski definition) is 1. The topological polar surface area (TPSA) is 32.3 Å². The van der Waals surface area contributed by atoms with Crippen LogP contribution in [-0.2, 0) is 11.2 Å². The molecule has 0 saturated carbocycles. The summed E-state index contributed by atoms with van der Waals surface area (Å²) in [5, 5.41) is 3.66. The van der Waals surface area contributed by atoms with Crippen molar-refractivity contribution in [1.29, 1.82) is 0 Å². The number of hydrogen-bond acceptors (Lipinski definition) is 2. The lowest BCUT2D eigenvalue weighted by Crippen LogP contribution is -2.33. The number of amides is 1. The number of rotatable bonds is 2. The van der Waals surface area contributed by atoms with Gasteiger partial charge < -0.3 is 10.2 Å². The average Bonchev–Trinajstić information content (AvgIpc) is 2.94. The van der Waals surface area contributed by atoms with Gasteiger partial charge in [0.2, 0.25) is 5.91 Å². The van der Waals surface area contributed by atoms with E-state index >= 15 is 0 Å². The van der Waals surface area contributed by atoms with Gasteiger partial charge in [-0.3, -0.25) is 4.79 Å². The Hall–Kier alpha value is -1.13. The molecule has 102 valence electrons. The maximum absolute atomic E-state index is 13.7. The number of fused-ring (bicyclic) bond motifs is 1. The lowest BCUT2D eigenvalue weighted by atomic mass is 10.0. The molecule has 0 bridgehead atoms. The molecule has 0 radical (unpaired) electrons. The minimum absolute atomic E-state index is 0.0265. The summed E-state index contributed by atoms with van der Waals surface area (Å²) >= 11 is 5.96. The third-order valence-corrected chi connectivity index (χ3v) is 4.49. The zero-order valence-corrected chi connectivity index (χ0v) is 11.3. The van der Waals surface area contributed by atoms with Crippen LogP contribution in [0.4, 0.5) is 4.39 Å². The normalized spacial score (nSPS) is 25.7. The molecule has 2 fully saturated rings. The second-order valence-corrected chi connectivity index (χ2v) is 5.76. The van der Waals surface area contributed by atoms with E-state index in [0.29, 0.717) is 22.4 Å². The number of carbonyl (C=O) groups excluding carboxylic acids is 1. The van der Waals surface area contributed by atoms with E-state index < -0.39 is 5.82 Å². The van der Waals surface area contributed by atoms with Crippen LogP contribution >= 0.6 is 11.6 Å². The number of nitrogens with zero attached hydrogens (tertiary/aromatic N) is 1. The third kappa shape index (κ3) is 2.47. The Labute approximate surface area is 116 Å². The highest BCUT2D eigenvalue weighted by atomic mass is 35.5. The molecule has 2 atom stereocenters. The van der Waals surface area contributed by atoms with Gasteiger partial charge in [-0.05, 0) is 24.0 Å². The number of carbonyl (C=O) groups is 1. The highest BCUT2D eigenvalue weighted by Gasteiger charge is 2.38. The first-order valence-electron chi connectivity index (χ1n) is 6.56. The minimum atomic E-state index is -0.401. The molecule has 3 nitrogen and oxygen atoms in total. The van der Waals surface area contributed by atoms with Crippen molar-refractivity contribution < 1.29 is 9.18 Å². The van der Waals surface area contributed by atoms with E-state index in [-0.39, 0.29) is 12.3 Å². The van der Waals surface area contributed by atoms with Crippen LogP contribution < -0.4 is 5.32 Å². The molecule has 0 aliphatic carbocycles. The molecule has 5 heteroatoms. The van der Waals surface area contributed by atoms with Gasteiger partial charge in [0.05, 0.1) is 6.42 Å². The molecule has 2 unspecified atom stereocenters. The molecule has 1 N–H and O–H groups in total. The average molecular weight is 283 g/mol. The number of nitrogens with one attached hydrogen (secondary N) is 1. The van der Waals surface area contributed by atoms with Crippen LogP contribution in [0.3, 0.4) is 0 Å². The summed E-state index contributed by atoms with van der Waals surface area (Å²) in [5.41, 5.74) is 0.310. The first-order chi connectivity index (χ1) is 9.15. The highest BCUT2D eigenvalue weighted by Crippen LogP contribution is 2.27. The lowest BCUT2D eigenvalue weighted by Gasteiger charge is -2.18. The second-order valence-electron chi connectivity index (χ2n) is 5.35. The maximum atomic E-state index is 13.7. The van der Waals surface area contributed by atoms with Crippen molar-refractivity contribution in [3.8, 4) is 0 Å². The first kappa shape index (κ1) is 12.9. The number of halogens is 2. The lowest BCUT2D eigenvalue weighted by molar-refractivity contribution is -0.129. The molecule has 1 aromatic rings. The largest absolute Gasteiger partial charge is 0.342 e. The fourth-order valence-electron chi connectivity index (χ4n) is 3.02. The van der Waals surface area contributed by atoms with Crippen LogP contribution in [0.2, 0.25) is 5.02 Å². The molecule has 1 amide bonds. The maximum Gasteiger partial charge on any atom is 0.227 e.